The third-order valence-electron chi connectivity index (χ3n) is 2.83. The van der Waals surface area contributed by atoms with Gasteiger partial charge in [0.1, 0.15) is 11.6 Å². The smallest absolute Gasteiger partial charge is 0.255 e. The van der Waals surface area contributed by atoms with Crippen LogP contribution in [-0.2, 0) is 0 Å². The molecule has 0 saturated heterocycles. The van der Waals surface area contributed by atoms with Gasteiger partial charge in [-0.1, -0.05) is 18.5 Å². The first kappa shape index (κ1) is 16.8. The van der Waals surface area contributed by atoms with Crippen LogP contribution in [0.25, 0.3) is 0 Å². The summed E-state index contributed by atoms with van der Waals surface area (Å²) in [5.41, 5.74) is 0.884. The average Bonchev–Trinajstić information content (AvgIpc) is 2.49. The number of hydrogen-bond donors (Lipinski definition) is 1. The third-order valence-corrected chi connectivity index (χ3v) is 3.74. The SMILES string of the molecule is CCCOc1ccc(C(=O)Nc2ccc(F)c(Cl)c2)cc1Br. The highest BCUT2D eigenvalue weighted by Gasteiger charge is 2.10. The molecule has 0 bridgehead atoms. The molecule has 0 fully saturated rings. The first-order chi connectivity index (χ1) is 10.5. The summed E-state index contributed by atoms with van der Waals surface area (Å²) in [6, 6.07) is 9.08. The first-order valence-corrected chi connectivity index (χ1v) is 7.87. The Morgan fingerprint density at radius 2 is 2.09 bits per heavy atom. The fourth-order valence-corrected chi connectivity index (χ4v) is 2.42. The molecule has 6 heteroatoms. The number of ether oxygens (including phenoxy) is 1. The van der Waals surface area contributed by atoms with E-state index in [2.05, 4.69) is 21.2 Å². The molecule has 0 aliphatic heterocycles. The maximum atomic E-state index is 13.1. The number of benzene rings is 2. The second-order valence-electron chi connectivity index (χ2n) is 4.58. The normalized spacial score (nSPS) is 10.4. The highest BCUT2D eigenvalue weighted by atomic mass is 79.9. The predicted molar refractivity (Wildman–Crippen MR) is 89.3 cm³/mol. The summed E-state index contributed by atoms with van der Waals surface area (Å²) < 4.78 is 19.3. The van der Waals surface area contributed by atoms with Gasteiger partial charge in [0.15, 0.2) is 0 Å². The number of nitrogens with one attached hydrogen (secondary N) is 1. The van der Waals surface area contributed by atoms with Gasteiger partial charge in [-0.25, -0.2) is 4.39 Å². The van der Waals surface area contributed by atoms with Crippen molar-refractivity contribution in [1.82, 2.24) is 0 Å². The van der Waals surface area contributed by atoms with Crippen molar-refractivity contribution in [3.8, 4) is 5.75 Å². The molecule has 1 amide bonds. The molecule has 2 rings (SSSR count). The zero-order valence-electron chi connectivity index (χ0n) is 11.8. The number of carbonyl (C=O) groups excluding carboxylic acids is 1. The van der Waals surface area contributed by atoms with Crippen molar-refractivity contribution in [2.45, 2.75) is 13.3 Å². The molecule has 0 aliphatic rings. The topological polar surface area (TPSA) is 38.3 Å². The minimum Gasteiger partial charge on any atom is -0.492 e. The van der Waals surface area contributed by atoms with Gasteiger partial charge in [-0.05, 0) is 58.7 Å². The molecule has 3 nitrogen and oxygen atoms in total. The minimum atomic E-state index is -0.528. The van der Waals surface area contributed by atoms with E-state index >= 15 is 0 Å². The number of amides is 1. The second-order valence-corrected chi connectivity index (χ2v) is 5.84. The molecule has 0 unspecified atom stereocenters. The fraction of sp³-hybridized carbons (Fsp3) is 0.188. The molecule has 0 heterocycles. The van der Waals surface area contributed by atoms with Crippen molar-refractivity contribution >= 4 is 39.1 Å². The van der Waals surface area contributed by atoms with Crippen molar-refractivity contribution in [3.05, 3.63) is 57.3 Å². The molecule has 1 N–H and O–H groups in total. The van der Waals surface area contributed by atoms with Gasteiger partial charge in [-0.15, -0.1) is 0 Å². The number of hydrogen-bond acceptors (Lipinski definition) is 2. The average molecular weight is 387 g/mol. The van der Waals surface area contributed by atoms with Crippen LogP contribution in [-0.4, -0.2) is 12.5 Å². The molecule has 0 radical (unpaired) electrons. The number of rotatable bonds is 5. The van der Waals surface area contributed by atoms with Gasteiger partial charge in [0.2, 0.25) is 0 Å². The quantitative estimate of drug-likeness (QED) is 0.759. The van der Waals surface area contributed by atoms with Crippen molar-refractivity contribution in [2.75, 3.05) is 11.9 Å². The van der Waals surface area contributed by atoms with Gasteiger partial charge in [0.05, 0.1) is 16.1 Å². The molecular weight excluding hydrogens is 373 g/mol. The van der Waals surface area contributed by atoms with Gasteiger partial charge >= 0.3 is 0 Å². The Morgan fingerprint density at radius 1 is 1.32 bits per heavy atom. The number of carbonyl (C=O) groups is 1. The van der Waals surface area contributed by atoms with Gasteiger partial charge < -0.3 is 10.1 Å². The van der Waals surface area contributed by atoms with E-state index in [0.29, 0.717) is 28.1 Å². The van der Waals surface area contributed by atoms with Gasteiger partial charge in [-0.2, -0.15) is 0 Å². The lowest BCUT2D eigenvalue weighted by Gasteiger charge is -2.10. The monoisotopic (exact) mass is 385 g/mol. The van der Waals surface area contributed by atoms with Crippen LogP contribution in [0.1, 0.15) is 23.7 Å². The van der Waals surface area contributed by atoms with E-state index in [0.717, 1.165) is 6.42 Å². The molecule has 2 aromatic rings. The Hall–Kier alpha value is -1.59. The first-order valence-electron chi connectivity index (χ1n) is 6.70. The molecule has 0 saturated carbocycles. The highest BCUT2D eigenvalue weighted by Crippen LogP contribution is 2.27. The standard InChI is InChI=1S/C16H14BrClFNO2/c1-2-7-22-15-6-3-10(8-12(15)17)16(21)20-11-4-5-14(19)13(18)9-11/h3-6,8-9H,2,7H2,1H3,(H,20,21). The number of halogens is 3. The van der Waals surface area contributed by atoms with E-state index in [4.69, 9.17) is 16.3 Å². The highest BCUT2D eigenvalue weighted by molar-refractivity contribution is 9.10. The van der Waals surface area contributed by atoms with Gasteiger partial charge in [0.25, 0.3) is 5.91 Å². The van der Waals surface area contributed by atoms with Crippen molar-refractivity contribution in [2.24, 2.45) is 0 Å². The summed E-state index contributed by atoms with van der Waals surface area (Å²) >= 11 is 9.06. The maximum Gasteiger partial charge on any atom is 0.255 e. The third kappa shape index (κ3) is 4.21. The van der Waals surface area contributed by atoms with Crippen LogP contribution in [0.4, 0.5) is 10.1 Å². The van der Waals surface area contributed by atoms with E-state index in [1.165, 1.54) is 18.2 Å². The summed E-state index contributed by atoms with van der Waals surface area (Å²) in [6.07, 6.45) is 0.903. The van der Waals surface area contributed by atoms with Crippen LogP contribution in [0, 0.1) is 5.82 Å². The van der Waals surface area contributed by atoms with E-state index in [1.807, 2.05) is 6.92 Å². The largest absolute Gasteiger partial charge is 0.492 e. The van der Waals surface area contributed by atoms with Crippen molar-refractivity contribution < 1.29 is 13.9 Å². The zero-order chi connectivity index (χ0) is 16.1. The lowest BCUT2D eigenvalue weighted by atomic mass is 10.2. The van der Waals surface area contributed by atoms with E-state index < -0.39 is 5.82 Å². The summed E-state index contributed by atoms with van der Waals surface area (Å²) in [6.45, 7) is 2.63. The summed E-state index contributed by atoms with van der Waals surface area (Å²) in [5, 5.41) is 2.62. The molecule has 0 aliphatic carbocycles. The molecule has 0 atom stereocenters. The summed E-state index contributed by atoms with van der Waals surface area (Å²) in [5.74, 6) is -0.159. The molecule has 22 heavy (non-hydrogen) atoms. The molecular formula is C16H14BrClFNO2. The Bertz CT molecular complexity index is 694. The molecule has 116 valence electrons. The van der Waals surface area contributed by atoms with Crippen LogP contribution < -0.4 is 10.1 Å². The van der Waals surface area contributed by atoms with Crippen molar-refractivity contribution in [1.29, 1.82) is 0 Å². The van der Waals surface area contributed by atoms with E-state index in [9.17, 15) is 9.18 Å². The van der Waals surface area contributed by atoms with Crippen molar-refractivity contribution in [3.63, 3.8) is 0 Å². The van der Waals surface area contributed by atoms with E-state index in [-0.39, 0.29) is 10.9 Å². The van der Waals surface area contributed by atoms with Crippen LogP contribution >= 0.6 is 27.5 Å². The van der Waals surface area contributed by atoms with Crippen LogP contribution in [0.2, 0.25) is 5.02 Å². The minimum absolute atomic E-state index is 0.0395. The fourth-order valence-electron chi connectivity index (χ4n) is 1.75. The summed E-state index contributed by atoms with van der Waals surface area (Å²) in [7, 11) is 0. The van der Waals surface area contributed by atoms with Crippen LogP contribution in [0.3, 0.4) is 0 Å². The predicted octanol–water partition coefficient (Wildman–Crippen LogP) is 5.28. The molecule has 0 aromatic heterocycles. The van der Waals surface area contributed by atoms with Crippen LogP contribution in [0.15, 0.2) is 40.9 Å². The Labute approximate surface area is 141 Å². The van der Waals surface area contributed by atoms with Gasteiger partial charge in [0, 0.05) is 11.3 Å². The Balaban J connectivity index is 2.12. The number of anilines is 1. The Kier molecular flexibility index (Phi) is 5.80. The zero-order valence-corrected chi connectivity index (χ0v) is 14.2. The van der Waals surface area contributed by atoms with Crippen LogP contribution in [0.5, 0.6) is 5.75 Å². The summed E-state index contributed by atoms with van der Waals surface area (Å²) in [4.78, 5) is 12.2. The van der Waals surface area contributed by atoms with E-state index in [1.54, 1.807) is 18.2 Å². The molecule has 0 spiro atoms. The maximum absolute atomic E-state index is 13.1. The lowest BCUT2D eigenvalue weighted by molar-refractivity contribution is 0.102. The Morgan fingerprint density at radius 3 is 2.73 bits per heavy atom. The second kappa shape index (κ2) is 7.61. The lowest BCUT2D eigenvalue weighted by Crippen LogP contribution is -2.12. The van der Waals surface area contributed by atoms with Gasteiger partial charge in [-0.3, -0.25) is 4.79 Å². The molecule has 2 aromatic carbocycles.